The minimum absolute atomic E-state index is 0.131. The van der Waals surface area contributed by atoms with Crippen LogP contribution in [0.2, 0.25) is 0 Å². The summed E-state index contributed by atoms with van der Waals surface area (Å²) < 4.78 is 0. The van der Waals surface area contributed by atoms with Gasteiger partial charge in [-0.3, -0.25) is 0 Å². The van der Waals surface area contributed by atoms with Gasteiger partial charge in [-0.05, 0) is 32.3 Å². The number of benzene rings is 1. The van der Waals surface area contributed by atoms with Crippen molar-refractivity contribution >= 4 is 0 Å². The highest BCUT2D eigenvalue weighted by molar-refractivity contribution is 5.21. The summed E-state index contributed by atoms with van der Waals surface area (Å²) in [4.78, 5) is 0. The van der Waals surface area contributed by atoms with E-state index in [9.17, 15) is 5.11 Å². The molecule has 0 radical (unpaired) electrons. The second-order valence-corrected chi connectivity index (χ2v) is 5.38. The van der Waals surface area contributed by atoms with E-state index in [-0.39, 0.29) is 12.1 Å². The number of aliphatic hydroxyl groups is 2. The van der Waals surface area contributed by atoms with Crippen LogP contribution in [0.4, 0.5) is 0 Å². The fraction of sp³-hybridized carbons (Fsp3) is 0.600. The lowest BCUT2D eigenvalue weighted by Crippen LogP contribution is -2.48. The first-order valence-electron chi connectivity index (χ1n) is 6.57. The summed E-state index contributed by atoms with van der Waals surface area (Å²) in [6.45, 7) is 6.60. The van der Waals surface area contributed by atoms with Gasteiger partial charge in [-0.25, -0.2) is 0 Å². The Kier molecular flexibility index (Phi) is 5.32. The maximum Gasteiger partial charge on any atom is 0.0992 e. The normalized spacial score (nSPS) is 18.1. The van der Waals surface area contributed by atoms with Gasteiger partial charge in [0.15, 0.2) is 0 Å². The van der Waals surface area contributed by atoms with Crippen LogP contribution in [0.3, 0.4) is 0 Å². The summed E-state index contributed by atoms with van der Waals surface area (Å²) in [6, 6.07) is 9.65. The van der Waals surface area contributed by atoms with Crippen molar-refractivity contribution < 1.29 is 10.2 Å². The van der Waals surface area contributed by atoms with Gasteiger partial charge in [0, 0.05) is 18.7 Å². The molecule has 2 unspecified atom stereocenters. The molecule has 3 N–H and O–H groups in total. The first kappa shape index (κ1) is 15.2. The van der Waals surface area contributed by atoms with Crippen LogP contribution in [-0.4, -0.2) is 28.9 Å². The molecule has 0 spiro atoms. The van der Waals surface area contributed by atoms with E-state index in [2.05, 4.69) is 19.2 Å². The zero-order chi connectivity index (χ0) is 13.6. The fourth-order valence-corrected chi connectivity index (χ4v) is 1.92. The second-order valence-electron chi connectivity index (χ2n) is 5.38. The molecule has 0 saturated heterocycles. The molecule has 1 aromatic rings. The van der Waals surface area contributed by atoms with Gasteiger partial charge in [0.05, 0.1) is 5.60 Å². The first-order chi connectivity index (χ1) is 8.43. The highest BCUT2D eigenvalue weighted by atomic mass is 16.3. The maximum atomic E-state index is 10.5. The van der Waals surface area contributed by atoms with Gasteiger partial charge in [0.25, 0.3) is 0 Å². The minimum Gasteiger partial charge on any atom is -0.396 e. The Hall–Kier alpha value is -0.900. The van der Waals surface area contributed by atoms with Crippen LogP contribution in [0.25, 0.3) is 0 Å². The average Bonchev–Trinajstić information content (AvgIpc) is 2.38. The molecule has 102 valence electrons. The van der Waals surface area contributed by atoms with E-state index in [0.29, 0.717) is 13.0 Å². The molecule has 0 amide bonds. The average molecular weight is 251 g/mol. The molecule has 0 fully saturated rings. The minimum atomic E-state index is -0.896. The van der Waals surface area contributed by atoms with E-state index in [1.54, 1.807) is 0 Å². The maximum absolute atomic E-state index is 10.5. The van der Waals surface area contributed by atoms with Gasteiger partial charge in [-0.1, -0.05) is 37.3 Å². The Bertz CT molecular complexity index is 351. The van der Waals surface area contributed by atoms with Crippen molar-refractivity contribution in [2.24, 2.45) is 0 Å². The molecule has 0 aliphatic heterocycles. The predicted molar refractivity (Wildman–Crippen MR) is 74.4 cm³/mol. The van der Waals surface area contributed by atoms with Gasteiger partial charge in [-0.2, -0.15) is 0 Å². The van der Waals surface area contributed by atoms with Crippen molar-refractivity contribution in [1.29, 1.82) is 0 Å². The zero-order valence-corrected chi connectivity index (χ0v) is 11.6. The van der Waals surface area contributed by atoms with Crippen molar-refractivity contribution in [2.75, 3.05) is 13.2 Å². The van der Waals surface area contributed by atoms with Crippen LogP contribution in [-0.2, 0) is 5.60 Å². The number of hydrogen-bond acceptors (Lipinski definition) is 3. The Balaban J connectivity index is 2.67. The summed E-state index contributed by atoms with van der Waals surface area (Å²) in [5.41, 5.74) is -0.124. The number of aliphatic hydroxyl groups excluding tert-OH is 1. The molecule has 3 heteroatoms. The number of hydrogen-bond donors (Lipinski definition) is 3. The summed E-state index contributed by atoms with van der Waals surface area (Å²) in [5.74, 6) is 0. The third-order valence-electron chi connectivity index (χ3n) is 3.70. The van der Waals surface area contributed by atoms with Crippen LogP contribution in [0.5, 0.6) is 0 Å². The standard InChI is InChI=1S/C15H25NO2/c1-4-14(2,10-11-17)16-12-15(3,18)13-8-6-5-7-9-13/h5-9,16-18H,4,10-12H2,1-3H3. The number of nitrogens with one attached hydrogen (secondary N) is 1. The van der Waals surface area contributed by atoms with Gasteiger partial charge < -0.3 is 15.5 Å². The molecule has 0 aliphatic carbocycles. The molecule has 18 heavy (non-hydrogen) atoms. The molecule has 0 aliphatic rings. The van der Waals surface area contributed by atoms with Crippen LogP contribution in [0, 0.1) is 0 Å². The van der Waals surface area contributed by atoms with Gasteiger partial charge >= 0.3 is 0 Å². The van der Waals surface area contributed by atoms with Crippen molar-refractivity contribution in [1.82, 2.24) is 5.32 Å². The Morgan fingerprint density at radius 1 is 1.17 bits per heavy atom. The molecule has 0 bridgehead atoms. The SMILES string of the molecule is CCC(C)(CCO)NCC(C)(O)c1ccccc1. The molecule has 2 atom stereocenters. The van der Waals surface area contributed by atoms with E-state index < -0.39 is 5.60 Å². The van der Waals surface area contributed by atoms with E-state index in [0.717, 1.165) is 12.0 Å². The van der Waals surface area contributed by atoms with Crippen molar-refractivity contribution in [2.45, 2.75) is 44.8 Å². The largest absolute Gasteiger partial charge is 0.396 e. The highest BCUT2D eigenvalue weighted by Gasteiger charge is 2.28. The molecule has 1 rings (SSSR count). The van der Waals surface area contributed by atoms with Crippen LogP contribution in [0.15, 0.2) is 30.3 Å². The smallest absolute Gasteiger partial charge is 0.0992 e. The van der Waals surface area contributed by atoms with E-state index >= 15 is 0 Å². The molecule has 0 heterocycles. The number of β-amino-alcohol motifs (C(OH)–C–C–N with tert-alkyl or cyclic N) is 1. The molecular formula is C15H25NO2. The van der Waals surface area contributed by atoms with E-state index in [1.165, 1.54) is 0 Å². The van der Waals surface area contributed by atoms with Crippen molar-refractivity contribution in [3.63, 3.8) is 0 Å². The molecular weight excluding hydrogens is 226 g/mol. The van der Waals surface area contributed by atoms with Crippen molar-refractivity contribution in [3.8, 4) is 0 Å². The Morgan fingerprint density at radius 2 is 1.78 bits per heavy atom. The first-order valence-corrected chi connectivity index (χ1v) is 6.57. The fourth-order valence-electron chi connectivity index (χ4n) is 1.92. The summed E-state index contributed by atoms with van der Waals surface area (Å²) in [7, 11) is 0. The molecule has 0 aromatic heterocycles. The summed E-state index contributed by atoms with van der Waals surface area (Å²) in [6.07, 6.45) is 1.60. The molecule has 1 aromatic carbocycles. The third-order valence-corrected chi connectivity index (χ3v) is 3.70. The lowest BCUT2D eigenvalue weighted by molar-refractivity contribution is 0.0448. The quantitative estimate of drug-likeness (QED) is 0.695. The predicted octanol–water partition coefficient (Wildman–Crippen LogP) is 2.03. The zero-order valence-electron chi connectivity index (χ0n) is 11.6. The van der Waals surface area contributed by atoms with Gasteiger partial charge in [-0.15, -0.1) is 0 Å². The third kappa shape index (κ3) is 4.09. The molecule has 0 saturated carbocycles. The van der Waals surface area contributed by atoms with Crippen LogP contribution in [0.1, 0.15) is 39.2 Å². The van der Waals surface area contributed by atoms with E-state index in [4.69, 9.17) is 5.11 Å². The Morgan fingerprint density at radius 3 is 2.28 bits per heavy atom. The molecule has 3 nitrogen and oxygen atoms in total. The van der Waals surface area contributed by atoms with Crippen LogP contribution < -0.4 is 5.32 Å². The van der Waals surface area contributed by atoms with E-state index in [1.807, 2.05) is 37.3 Å². The van der Waals surface area contributed by atoms with Gasteiger partial charge in [0.1, 0.15) is 0 Å². The topological polar surface area (TPSA) is 52.5 Å². The summed E-state index contributed by atoms with van der Waals surface area (Å²) >= 11 is 0. The van der Waals surface area contributed by atoms with Crippen LogP contribution >= 0.6 is 0 Å². The summed E-state index contributed by atoms with van der Waals surface area (Å²) in [5, 5.41) is 22.9. The monoisotopic (exact) mass is 251 g/mol. The lowest BCUT2D eigenvalue weighted by Gasteiger charge is -2.34. The highest BCUT2D eigenvalue weighted by Crippen LogP contribution is 2.22. The van der Waals surface area contributed by atoms with Crippen molar-refractivity contribution in [3.05, 3.63) is 35.9 Å². The lowest BCUT2D eigenvalue weighted by atomic mass is 9.91. The van der Waals surface area contributed by atoms with Gasteiger partial charge in [0.2, 0.25) is 0 Å². The second kappa shape index (κ2) is 6.32. The number of rotatable bonds is 7. The Labute approximate surface area is 110 Å².